The molecule has 62 valence electrons. The zero-order valence-corrected chi connectivity index (χ0v) is 6.16. The SMILES string of the molecule is CCOC(=O)/C=C(/N)C(N)=O. The average Bonchev–Trinajstić information content (AvgIpc) is 1.87. The molecule has 0 fully saturated rings. The quantitative estimate of drug-likeness (QED) is 0.401. The molecule has 0 aliphatic rings. The van der Waals surface area contributed by atoms with Crippen LogP contribution in [0.1, 0.15) is 6.92 Å². The van der Waals surface area contributed by atoms with Gasteiger partial charge in [-0.2, -0.15) is 0 Å². The van der Waals surface area contributed by atoms with Crippen molar-refractivity contribution in [2.45, 2.75) is 6.92 Å². The van der Waals surface area contributed by atoms with Crippen molar-refractivity contribution in [2.75, 3.05) is 6.61 Å². The van der Waals surface area contributed by atoms with Crippen molar-refractivity contribution < 1.29 is 14.3 Å². The van der Waals surface area contributed by atoms with Crippen LogP contribution in [0.15, 0.2) is 11.8 Å². The lowest BCUT2D eigenvalue weighted by Gasteiger charge is -1.96. The van der Waals surface area contributed by atoms with E-state index >= 15 is 0 Å². The maximum absolute atomic E-state index is 10.6. The number of hydrogen-bond donors (Lipinski definition) is 2. The first-order chi connectivity index (χ1) is 5.07. The lowest BCUT2D eigenvalue weighted by Crippen LogP contribution is -2.21. The van der Waals surface area contributed by atoms with E-state index in [0.717, 1.165) is 6.08 Å². The summed E-state index contributed by atoms with van der Waals surface area (Å²) in [5, 5.41) is 0. The van der Waals surface area contributed by atoms with Crippen molar-refractivity contribution >= 4 is 11.9 Å². The third-order valence-corrected chi connectivity index (χ3v) is 0.844. The van der Waals surface area contributed by atoms with Crippen LogP contribution in [0.25, 0.3) is 0 Å². The molecule has 0 heterocycles. The van der Waals surface area contributed by atoms with Crippen LogP contribution in [0.4, 0.5) is 0 Å². The van der Waals surface area contributed by atoms with Gasteiger partial charge in [-0.1, -0.05) is 0 Å². The van der Waals surface area contributed by atoms with E-state index in [0.29, 0.717) is 0 Å². The zero-order chi connectivity index (χ0) is 8.85. The smallest absolute Gasteiger partial charge is 0.333 e. The molecule has 4 N–H and O–H groups in total. The van der Waals surface area contributed by atoms with E-state index in [1.807, 2.05) is 0 Å². The molecular formula is C6H10N2O3. The highest BCUT2D eigenvalue weighted by molar-refractivity contribution is 5.97. The van der Waals surface area contributed by atoms with E-state index in [1.165, 1.54) is 0 Å². The van der Waals surface area contributed by atoms with Gasteiger partial charge in [0.1, 0.15) is 5.70 Å². The van der Waals surface area contributed by atoms with Gasteiger partial charge < -0.3 is 16.2 Å². The molecule has 0 spiro atoms. The minimum Gasteiger partial charge on any atom is -0.463 e. The van der Waals surface area contributed by atoms with Gasteiger partial charge in [0.25, 0.3) is 5.91 Å². The summed E-state index contributed by atoms with van der Waals surface area (Å²) < 4.78 is 4.46. The van der Waals surface area contributed by atoms with Gasteiger partial charge in [-0.05, 0) is 6.92 Å². The molecular weight excluding hydrogens is 148 g/mol. The molecule has 0 aromatic rings. The molecule has 0 aliphatic carbocycles. The minimum atomic E-state index is -0.835. The normalized spacial score (nSPS) is 10.8. The largest absolute Gasteiger partial charge is 0.463 e. The fourth-order valence-corrected chi connectivity index (χ4v) is 0.382. The van der Waals surface area contributed by atoms with E-state index in [1.54, 1.807) is 6.92 Å². The Balaban J connectivity index is 4.08. The number of carbonyl (C=O) groups is 2. The monoisotopic (exact) mass is 158 g/mol. The molecule has 1 amide bonds. The Morgan fingerprint density at radius 1 is 1.45 bits per heavy atom. The molecule has 0 saturated heterocycles. The van der Waals surface area contributed by atoms with Crippen LogP contribution < -0.4 is 11.5 Å². The van der Waals surface area contributed by atoms with Crippen LogP contribution in [0.3, 0.4) is 0 Å². The maximum Gasteiger partial charge on any atom is 0.333 e. The molecule has 0 aliphatic heterocycles. The van der Waals surface area contributed by atoms with E-state index in [-0.39, 0.29) is 12.3 Å². The van der Waals surface area contributed by atoms with Crippen LogP contribution >= 0.6 is 0 Å². The Labute approximate surface area is 64.0 Å². The molecule has 0 saturated carbocycles. The third-order valence-electron chi connectivity index (χ3n) is 0.844. The predicted molar refractivity (Wildman–Crippen MR) is 38.1 cm³/mol. The summed E-state index contributed by atoms with van der Waals surface area (Å²) in [5.41, 5.74) is 9.47. The van der Waals surface area contributed by atoms with Crippen molar-refractivity contribution in [2.24, 2.45) is 11.5 Å². The topological polar surface area (TPSA) is 95.4 Å². The second-order valence-electron chi connectivity index (χ2n) is 1.72. The molecule has 0 bridgehead atoms. The Kier molecular flexibility index (Phi) is 3.72. The zero-order valence-electron chi connectivity index (χ0n) is 6.16. The molecule has 0 radical (unpaired) electrons. The van der Waals surface area contributed by atoms with Crippen molar-refractivity contribution in [3.8, 4) is 0 Å². The van der Waals surface area contributed by atoms with E-state index < -0.39 is 11.9 Å². The van der Waals surface area contributed by atoms with Gasteiger partial charge in [0.15, 0.2) is 0 Å². The maximum atomic E-state index is 10.6. The average molecular weight is 158 g/mol. The predicted octanol–water partition coefficient (Wildman–Crippen LogP) is -1.12. The van der Waals surface area contributed by atoms with Crippen molar-refractivity contribution in [3.05, 3.63) is 11.8 Å². The number of carbonyl (C=O) groups excluding carboxylic acids is 2. The number of ether oxygens (including phenoxy) is 1. The number of primary amides is 1. The molecule has 0 rings (SSSR count). The van der Waals surface area contributed by atoms with Crippen LogP contribution in [-0.2, 0) is 14.3 Å². The van der Waals surface area contributed by atoms with E-state index in [4.69, 9.17) is 11.5 Å². The first-order valence-corrected chi connectivity index (χ1v) is 3.01. The van der Waals surface area contributed by atoms with Gasteiger partial charge in [0.05, 0.1) is 12.7 Å². The lowest BCUT2D eigenvalue weighted by molar-refractivity contribution is -0.137. The summed E-state index contributed by atoms with van der Waals surface area (Å²) >= 11 is 0. The summed E-state index contributed by atoms with van der Waals surface area (Å²) in [4.78, 5) is 20.8. The number of rotatable bonds is 3. The summed E-state index contributed by atoms with van der Waals surface area (Å²) in [6.07, 6.45) is 0.853. The van der Waals surface area contributed by atoms with E-state index in [2.05, 4.69) is 4.74 Å². The second kappa shape index (κ2) is 4.32. The number of hydrogen-bond acceptors (Lipinski definition) is 4. The highest BCUT2D eigenvalue weighted by Crippen LogP contribution is 1.85. The fourth-order valence-electron chi connectivity index (χ4n) is 0.382. The lowest BCUT2D eigenvalue weighted by atomic mass is 10.4. The first-order valence-electron chi connectivity index (χ1n) is 3.01. The van der Waals surface area contributed by atoms with Crippen molar-refractivity contribution in [1.82, 2.24) is 0 Å². The summed E-state index contributed by atoms with van der Waals surface area (Å²) in [6.45, 7) is 1.88. The molecule has 0 aromatic carbocycles. The van der Waals surface area contributed by atoms with Gasteiger partial charge in [-0.25, -0.2) is 4.79 Å². The number of nitrogens with two attached hydrogens (primary N) is 2. The molecule has 5 heteroatoms. The standard InChI is InChI=1S/C6H10N2O3/c1-2-11-5(9)3-4(7)6(8)10/h3H,2,7H2,1H3,(H2,8,10)/b4-3+. The number of amides is 1. The van der Waals surface area contributed by atoms with Crippen molar-refractivity contribution in [1.29, 1.82) is 0 Å². The third kappa shape index (κ3) is 3.96. The Hall–Kier alpha value is -1.52. The van der Waals surface area contributed by atoms with Gasteiger partial charge in [-0.3, -0.25) is 4.79 Å². The summed E-state index contributed by atoms with van der Waals surface area (Å²) in [6, 6.07) is 0. The van der Waals surface area contributed by atoms with Gasteiger partial charge >= 0.3 is 5.97 Å². The Bertz CT molecular complexity index is 198. The van der Waals surface area contributed by atoms with Crippen LogP contribution in [-0.4, -0.2) is 18.5 Å². The Morgan fingerprint density at radius 3 is 2.36 bits per heavy atom. The highest BCUT2D eigenvalue weighted by Gasteiger charge is 2.02. The first kappa shape index (κ1) is 9.48. The van der Waals surface area contributed by atoms with Gasteiger partial charge in [-0.15, -0.1) is 0 Å². The molecule has 0 unspecified atom stereocenters. The fraction of sp³-hybridized carbons (Fsp3) is 0.333. The Morgan fingerprint density at radius 2 is 2.00 bits per heavy atom. The van der Waals surface area contributed by atoms with Crippen molar-refractivity contribution in [3.63, 3.8) is 0 Å². The van der Waals surface area contributed by atoms with Crippen LogP contribution in [0.5, 0.6) is 0 Å². The van der Waals surface area contributed by atoms with Crippen LogP contribution in [0, 0.1) is 0 Å². The summed E-state index contributed by atoms with van der Waals surface area (Å²) in [5.74, 6) is -1.50. The number of esters is 1. The van der Waals surface area contributed by atoms with Gasteiger partial charge in [0, 0.05) is 0 Å². The molecule has 0 aromatic heterocycles. The minimum absolute atomic E-state index is 0.237. The van der Waals surface area contributed by atoms with Crippen LogP contribution in [0.2, 0.25) is 0 Å². The van der Waals surface area contributed by atoms with E-state index in [9.17, 15) is 9.59 Å². The summed E-state index contributed by atoms with van der Waals surface area (Å²) in [7, 11) is 0. The van der Waals surface area contributed by atoms with Gasteiger partial charge in [0.2, 0.25) is 0 Å². The molecule has 5 nitrogen and oxygen atoms in total. The molecule has 0 atom stereocenters. The highest BCUT2D eigenvalue weighted by atomic mass is 16.5. The molecule has 11 heavy (non-hydrogen) atoms. The second-order valence-corrected chi connectivity index (χ2v) is 1.72.